The summed E-state index contributed by atoms with van der Waals surface area (Å²) in [7, 11) is 0. The molecule has 0 spiro atoms. The minimum absolute atomic E-state index is 0.0500. The van der Waals surface area contributed by atoms with Gasteiger partial charge in [0, 0.05) is 23.5 Å². The van der Waals surface area contributed by atoms with Gasteiger partial charge in [-0.1, -0.05) is 26.0 Å². The van der Waals surface area contributed by atoms with Crippen molar-refractivity contribution in [2.24, 2.45) is 5.92 Å². The van der Waals surface area contributed by atoms with Crippen LogP contribution in [0.5, 0.6) is 5.75 Å². The molecule has 0 aliphatic heterocycles. The summed E-state index contributed by atoms with van der Waals surface area (Å²) in [5.74, 6) is 0.366. The second-order valence-corrected chi connectivity index (χ2v) is 5.50. The number of pyridine rings is 1. The van der Waals surface area contributed by atoms with Crippen molar-refractivity contribution in [3.05, 3.63) is 59.9 Å². The summed E-state index contributed by atoms with van der Waals surface area (Å²) in [5, 5.41) is 11.8. The molecule has 1 atom stereocenters. The Morgan fingerprint density at radius 1 is 1.35 bits per heavy atom. The van der Waals surface area contributed by atoms with E-state index >= 15 is 0 Å². The van der Waals surface area contributed by atoms with E-state index in [2.05, 4.69) is 16.4 Å². The lowest BCUT2D eigenvalue weighted by Crippen LogP contribution is -2.37. The van der Waals surface area contributed by atoms with Crippen LogP contribution in [0, 0.1) is 17.2 Å². The Bertz CT molecular complexity index is 693. The molecular weight excluding hydrogens is 290 g/mol. The predicted molar refractivity (Wildman–Crippen MR) is 86.7 cm³/mol. The highest BCUT2D eigenvalue weighted by molar-refractivity contribution is 5.94. The normalized spacial score (nSPS) is 11.6. The first kappa shape index (κ1) is 16.5. The minimum Gasteiger partial charge on any atom is -0.489 e. The molecule has 0 aliphatic rings. The van der Waals surface area contributed by atoms with E-state index in [1.807, 2.05) is 26.0 Å². The van der Waals surface area contributed by atoms with Crippen molar-refractivity contribution in [3.63, 3.8) is 0 Å². The van der Waals surface area contributed by atoms with Crippen LogP contribution in [0.15, 0.2) is 48.8 Å². The molecule has 23 heavy (non-hydrogen) atoms. The van der Waals surface area contributed by atoms with E-state index in [0.717, 1.165) is 5.56 Å². The molecule has 5 heteroatoms. The summed E-state index contributed by atoms with van der Waals surface area (Å²) in [4.78, 5) is 16.2. The topological polar surface area (TPSA) is 75.0 Å². The molecule has 1 aromatic carbocycles. The van der Waals surface area contributed by atoms with Crippen LogP contribution in [0.3, 0.4) is 0 Å². The first-order valence-corrected chi connectivity index (χ1v) is 7.42. The van der Waals surface area contributed by atoms with Gasteiger partial charge in [0.25, 0.3) is 5.91 Å². The number of rotatable bonds is 6. The molecule has 5 nitrogen and oxygen atoms in total. The second-order valence-electron chi connectivity index (χ2n) is 5.50. The molecule has 2 rings (SSSR count). The number of ether oxygens (including phenoxy) is 1. The fraction of sp³-hybridized carbons (Fsp3) is 0.278. The Hall–Kier alpha value is -2.87. The molecule has 1 unspecified atom stereocenters. The Labute approximate surface area is 135 Å². The molecule has 0 bridgehead atoms. The average molecular weight is 309 g/mol. The SMILES string of the molecule is CC(C)C(C#N)NC(=O)c1cccc(OCc2cccnc2)c1. The number of carbonyl (C=O) groups is 1. The largest absolute Gasteiger partial charge is 0.489 e. The predicted octanol–water partition coefficient (Wildman–Crippen LogP) is 2.94. The molecule has 1 N–H and O–H groups in total. The first-order chi connectivity index (χ1) is 11.1. The van der Waals surface area contributed by atoms with Crippen LogP contribution in [0.1, 0.15) is 29.8 Å². The zero-order valence-electron chi connectivity index (χ0n) is 13.2. The van der Waals surface area contributed by atoms with Gasteiger partial charge in [-0.05, 0) is 30.2 Å². The van der Waals surface area contributed by atoms with Crippen molar-refractivity contribution in [2.45, 2.75) is 26.5 Å². The van der Waals surface area contributed by atoms with E-state index in [1.54, 1.807) is 36.7 Å². The maximum Gasteiger partial charge on any atom is 0.252 e. The van der Waals surface area contributed by atoms with E-state index in [0.29, 0.717) is 17.9 Å². The van der Waals surface area contributed by atoms with Gasteiger partial charge in [0.15, 0.2) is 0 Å². The summed E-state index contributed by atoms with van der Waals surface area (Å²) < 4.78 is 5.68. The molecule has 118 valence electrons. The second kappa shape index (κ2) is 7.95. The summed E-state index contributed by atoms with van der Waals surface area (Å²) in [5.41, 5.74) is 1.42. The van der Waals surface area contributed by atoms with E-state index in [-0.39, 0.29) is 11.8 Å². The van der Waals surface area contributed by atoms with Crippen molar-refractivity contribution in [1.29, 1.82) is 5.26 Å². The van der Waals surface area contributed by atoms with Gasteiger partial charge in [-0.15, -0.1) is 0 Å². The van der Waals surface area contributed by atoms with Crippen LogP contribution in [0.25, 0.3) is 0 Å². The van der Waals surface area contributed by atoms with E-state index in [9.17, 15) is 4.79 Å². The number of benzene rings is 1. The highest BCUT2D eigenvalue weighted by Crippen LogP contribution is 2.15. The van der Waals surface area contributed by atoms with Crippen LogP contribution in [-0.2, 0) is 6.61 Å². The number of nitriles is 1. The van der Waals surface area contributed by atoms with Crippen LogP contribution in [-0.4, -0.2) is 16.9 Å². The lowest BCUT2D eigenvalue weighted by Gasteiger charge is -2.15. The zero-order valence-corrected chi connectivity index (χ0v) is 13.2. The molecule has 0 radical (unpaired) electrons. The molecule has 0 saturated heterocycles. The molecule has 1 heterocycles. The number of amides is 1. The molecular formula is C18H19N3O2. The Balaban J connectivity index is 2.02. The first-order valence-electron chi connectivity index (χ1n) is 7.42. The third-order valence-corrected chi connectivity index (χ3v) is 3.32. The summed E-state index contributed by atoms with van der Waals surface area (Å²) in [6.45, 7) is 4.16. The van der Waals surface area contributed by atoms with E-state index in [1.165, 1.54) is 0 Å². The van der Waals surface area contributed by atoms with Gasteiger partial charge in [-0.25, -0.2) is 0 Å². The van der Waals surface area contributed by atoms with Crippen LogP contribution in [0.2, 0.25) is 0 Å². The molecule has 1 aromatic heterocycles. The van der Waals surface area contributed by atoms with Gasteiger partial charge < -0.3 is 10.1 Å². The lowest BCUT2D eigenvalue weighted by atomic mass is 10.1. The zero-order chi connectivity index (χ0) is 16.7. The van der Waals surface area contributed by atoms with Gasteiger partial charge in [0.1, 0.15) is 18.4 Å². The van der Waals surface area contributed by atoms with Crippen LogP contribution >= 0.6 is 0 Å². The minimum atomic E-state index is -0.512. The molecule has 0 fully saturated rings. The van der Waals surface area contributed by atoms with Crippen molar-refractivity contribution in [1.82, 2.24) is 10.3 Å². The quantitative estimate of drug-likeness (QED) is 0.890. The summed E-state index contributed by atoms with van der Waals surface area (Å²) >= 11 is 0. The highest BCUT2D eigenvalue weighted by Gasteiger charge is 2.16. The molecule has 0 aliphatic carbocycles. The van der Waals surface area contributed by atoms with Crippen LogP contribution < -0.4 is 10.1 Å². The summed E-state index contributed by atoms with van der Waals surface area (Å²) in [6, 6.07) is 12.3. The number of carbonyl (C=O) groups excluding carboxylic acids is 1. The van der Waals surface area contributed by atoms with Gasteiger partial charge in [-0.3, -0.25) is 9.78 Å². The van der Waals surface area contributed by atoms with Crippen molar-refractivity contribution in [2.75, 3.05) is 0 Å². The number of hydrogen-bond acceptors (Lipinski definition) is 4. The maximum absolute atomic E-state index is 12.2. The van der Waals surface area contributed by atoms with Crippen molar-refractivity contribution < 1.29 is 9.53 Å². The third kappa shape index (κ3) is 4.82. The van der Waals surface area contributed by atoms with E-state index < -0.39 is 6.04 Å². The Morgan fingerprint density at radius 2 is 2.17 bits per heavy atom. The fourth-order valence-corrected chi connectivity index (χ4v) is 1.95. The molecule has 2 aromatic rings. The van der Waals surface area contributed by atoms with Gasteiger partial charge in [-0.2, -0.15) is 5.26 Å². The Kier molecular flexibility index (Phi) is 5.70. The van der Waals surface area contributed by atoms with Crippen molar-refractivity contribution >= 4 is 5.91 Å². The molecule has 0 saturated carbocycles. The number of nitrogens with one attached hydrogen (secondary N) is 1. The highest BCUT2D eigenvalue weighted by atomic mass is 16.5. The van der Waals surface area contributed by atoms with Gasteiger partial charge in [0.05, 0.1) is 6.07 Å². The number of hydrogen-bond donors (Lipinski definition) is 1. The lowest BCUT2D eigenvalue weighted by molar-refractivity contribution is 0.0937. The number of nitrogens with zero attached hydrogens (tertiary/aromatic N) is 2. The monoisotopic (exact) mass is 309 g/mol. The average Bonchev–Trinajstić information content (AvgIpc) is 2.58. The summed E-state index contributed by atoms with van der Waals surface area (Å²) in [6.07, 6.45) is 3.44. The molecule has 1 amide bonds. The fourth-order valence-electron chi connectivity index (χ4n) is 1.95. The van der Waals surface area contributed by atoms with Crippen LogP contribution in [0.4, 0.5) is 0 Å². The Morgan fingerprint density at radius 3 is 2.83 bits per heavy atom. The standard InChI is InChI=1S/C18H19N3O2/c1-13(2)17(10-19)21-18(22)15-6-3-7-16(9-15)23-12-14-5-4-8-20-11-14/h3-9,11,13,17H,12H2,1-2H3,(H,21,22). The number of aromatic nitrogens is 1. The van der Waals surface area contributed by atoms with Crippen molar-refractivity contribution in [3.8, 4) is 11.8 Å². The van der Waals surface area contributed by atoms with Gasteiger partial charge in [0.2, 0.25) is 0 Å². The van der Waals surface area contributed by atoms with E-state index in [4.69, 9.17) is 10.00 Å². The smallest absolute Gasteiger partial charge is 0.252 e. The maximum atomic E-state index is 12.2. The van der Waals surface area contributed by atoms with Gasteiger partial charge >= 0.3 is 0 Å². The third-order valence-electron chi connectivity index (χ3n) is 3.32.